The van der Waals surface area contributed by atoms with Crippen LogP contribution in [0.3, 0.4) is 0 Å². The minimum absolute atomic E-state index is 0.0584. The number of hydrogen-bond donors (Lipinski definition) is 1. The van der Waals surface area contributed by atoms with Crippen molar-refractivity contribution in [3.8, 4) is 0 Å². The van der Waals surface area contributed by atoms with E-state index in [1.165, 1.54) is 0 Å². The number of alkyl halides is 3. The number of carbonyl (C=O) groups is 3. The number of benzene rings is 1. The van der Waals surface area contributed by atoms with Crippen molar-refractivity contribution in [1.29, 1.82) is 0 Å². The molecule has 0 aliphatic carbocycles. The Hall–Kier alpha value is -3.47. The fourth-order valence-electron chi connectivity index (χ4n) is 7.55. The lowest BCUT2D eigenvalue weighted by atomic mass is 9.94. The van der Waals surface area contributed by atoms with Gasteiger partial charge in [0.05, 0.1) is 0 Å². The number of carboxylic acids is 1. The van der Waals surface area contributed by atoms with Crippen LogP contribution in [0.2, 0.25) is 5.02 Å². The molecule has 4 saturated heterocycles. The number of halogens is 4. The summed E-state index contributed by atoms with van der Waals surface area (Å²) < 4.78 is 61.0. The number of pyridine rings is 1. The zero-order valence-corrected chi connectivity index (χ0v) is 31.0. The monoisotopic (exact) mass is 770 g/mol. The number of carboxylic acid groups (broad SMARTS) is 1. The van der Waals surface area contributed by atoms with Crippen LogP contribution in [0.5, 0.6) is 0 Å². The number of sulfonamides is 1. The van der Waals surface area contributed by atoms with Crippen molar-refractivity contribution in [3.63, 3.8) is 0 Å². The van der Waals surface area contributed by atoms with Gasteiger partial charge in [-0.25, -0.2) is 18.2 Å². The number of carbonyl (C=O) groups excluding carboxylic acids is 2. The lowest BCUT2D eigenvalue weighted by Crippen LogP contribution is -2.44. The van der Waals surface area contributed by atoms with Crippen LogP contribution in [0.1, 0.15) is 44.6 Å². The highest BCUT2D eigenvalue weighted by molar-refractivity contribution is 7.89. The third kappa shape index (κ3) is 9.36. The zero-order valence-electron chi connectivity index (χ0n) is 29.4. The van der Waals surface area contributed by atoms with Crippen molar-refractivity contribution in [2.75, 3.05) is 75.2 Å². The van der Waals surface area contributed by atoms with Gasteiger partial charge in [-0.1, -0.05) is 17.7 Å². The van der Waals surface area contributed by atoms with E-state index in [2.05, 4.69) is 14.8 Å². The third-order valence-corrected chi connectivity index (χ3v) is 12.7. The minimum atomic E-state index is -5.08. The molecule has 2 unspecified atom stereocenters. The first-order valence-electron chi connectivity index (χ1n) is 17.6. The summed E-state index contributed by atoms with van der Waals surface area (Å²) in [4.78, 5) is 47.5. The van der Waals surface area contributed by atoms with Crippen LogP contribution in [0, 0.1) is 24.7 Å². The minimum Gasteiger partial charge on any atom is -0.475 e. The summed E-state index contributed by atoms with van der Waals surface area (Å²) in [5.41, 5.74) is 1.78. The molecule has 4 aliphatic heterocycles. The first kappa shape index (κ1) is 39.7. The number of nitrogens with zero attached hydrogens (tertiary/aromatic N) is 6. The van der Waals surface area contributed by atoms with Gasteiger partial charge in [0.2, 0.25) is 21.8 Å². The second-order valence-corrected chi connectivity index (χ2v) is 16.3. The van der Waals surface area contributed by atoms with Gasteiger partial charge in [0.1, 0.15) is 10.7 Å². The number of fused-ring (bicyclic) bond motifs is 1. The largest absolute Gasteiger partial charge is 0.490 e. The molecule has 4 fully saturated rings. The summed E-state index contributed by atoms with van der Waals surface area (Å²) in [6.45, 7) is 10.6. The Morgan fingerprint density at radius 2 is 1.62 bits per heavy atom. The van der Waals surface area contributed by atoms with Crippen LogP contribution in [0.25, 0.3) is 0 Å². The Bertz CT molecular complexity index is 1700. The zero-order chi connectivity index (χ0) is 37.8. The molecule has 1 aromatic carbocycles. The molecule has 286 valence electrons. The summed E-state index contributed by atoms with van der Waals surface area (Å²) in [5.74, 6) is -1.53. The molecule has 6 rings (SSSR count). The highest BCUT2D eigenvalue weighted by Gasteiger charge is 2.45. The van der Waals surface area contributed by atoms with Crippen LogP contribution in [0.4, 0.5) is 24.7 Å². The molecule has 4 aliphatic rings. The molecular formula is C35H46ClF3N6O6S. The van der Waals surface area contributed by atoms with E-state index >= 15 is 0 Å². The van der Waals surface area contributed by atoms with E-state index in [0.717, 1.165) is 63.2 Å². The second kappa shape index (κ2) is 16.7. The number of aliphatic carboxylic acids is 1. The third-order valence-electron chi connectivity index (χ3n) is 10.4. The maximum absolute atomic E-state index is 13.8. The topological polar surface area (TPSA) is 135 Å². The van der Waals surface area contributed by atoms with E-state index in [9.17, 15) is 31.2 Å². The number of piperidine rings is 1. The van der Waals surface area contributed by atoms with E-state index in [4.69, 9.17) is 21.5 Å². The Balaban J connectivity index is 0.000000679. The number of rotatable bonds is 9. The number of amides is 2. The van der Waals surface area contributed by atoms with E-state index in [-0.39, 0.29) is 17.7 Å². The molecular weight excluding hydrogens is 725 g/mol. The highest BCUT2D eigenvalue weighted by Crippen LogP contribution is 2.37. The number of hydrogen-bond acceptors (Lipinski definition) is 8. The highest BCUT2D eigenvalue weighted by atomic mass is 35.5. The van der Waals surface area contributed by atoms with Gasteiger partial charge in [0.15, 0.2) is 0 Å². The average Bonchev–Trinajstić information content (AvgIpc) is 3.86. The molecule has 2 atom stereocenters. The predicted octanol–water partition coefficient (Wildman–Crippen LogP) is 4.51. The first-order valence-corrected chi connectivity index (χ1v) is 19.4. The van der Waals surface area contributed by atoms with Crippen LogP contribution in [-0.2, 0) is 24.4 Å². The van der Waals surface area contributed by atoms with Crippen LogP contribution >= 0.6 is 11.6 Å². The van der Waals surface area contributed by atoms with Gasteiger partial charge in [-0.2, -0.15) is 17.5 Å². The molecule has 52 heavy (non-hydrogen) atoms. The number of likely N-dealkylation sites (tertiary alicyclic amines) is 2. The average molecular weight is 771 g/mol. The maximum atomic E-state index is 13.8. The van der Waals surface area contributed by atoms with Gasteiger partial charge in [-0.05, 0) is 87.2 Å². The van der Waals surface area contributed by atoms with Gasteiger partial charge in [-0.15, -0.1) is 0 Å². The van der Waals surface area contributed by atoms with Crippen molar-refractivity contribution in [2.45, 2.75) is 57.0 Å². The fraction of sp³-hybridized carbons (Fsp3) is 0.600. The molecule has 0 spiro atoms. The summed E-state index contributed by atoms with van der Waals surface area (Å²) in [7, 11) is -3.63. The molecule has 0 saturated carbocycles. The number of aryl methyl sites for hydroxylation is 1. The molecule has 1 N–H and O–H groups in total. The lowest BCUT2D eigenvalue weighted by molar-refractivity contribution is -0.192. The second-order valence-electron chi connectivity index (χ2n) is 14.0. The Kier molecular flexibility index (Phi) is 12.7. The summed E-state index contributed by atoms with van der Waals surface area (Å²) in [6, 6.07) is 9.23. The van der Waals surface area contributed by atoms with E-state index in [1.807, 2.05) is 34.9 Å². The lowest BCUT2D eigenvalue weighted by Gasteiger charge is -2.34. The predicted molar refractivity (Wildman–Crippen MR) is 190 cm³/mol. The Labute approximate surface area is 307 Å². The first-order chi connectivity index (χ1) is 24.6. The van der Waals surface area contributed by atoms with Crippen molar-refractivity contribution >= 4 is 50.9 Å². The molecule has 0 radical (unpaired) electrons. The van der Waals surface area contributed by atoms with Crippen molar-refractivity contribution in [2.24, 2.45) is 17.8 Å². The van der Waals surface area contributed by atoms with Crippen molar-refractivity contribution < 1.29 is 41.1 Å². The maximum Gasteiger partial charge on any atom is 0.490 e. The van der Waals surface area contributed by atoms with E-state index in [0.29, 0.717) is 73.1 Å². The molecule has 0 bridgehead atoms. The van der Waals surface area contributed by atoms with Crippen molar-refractivity contribution in [1.82, 2.24) is 19.1 Å². The summed E-state index contributed by atoms with van der Waals surface area (Å²) >= 11 is 6.48. The fourth-order valence-corrected chi connectivity index (χ4v) is 9.44. The molecule has 12 nitrogen and oxygen atoms in total. The molecule has 17 heteroatoms. The molecule has 1 aromatic heterocycles. The van der Waals surface area contributed by atoms with Gasteiger partial charge in [-0.3, -0.25) is 9.59 Å². The SMILES string of the molecule is CC(=O)N1CCC(C(=O)N(CCCN2CC3CN(S(=O)(=O)c4cccnc4N4CCCC4)CC3C2)c2ccc(C)c(Cl)c2)CC1.O=C(O)C(F)(F)F. The van der Waals surface area contributed by atoms with Crippen LogP contribution in [-0.4, -0.2) is 122 Å². The van der Waals surface area contributed by atoms with E-state index in [1.54, 1.807) is 29.6 Å². The normalized spacial score (nSPS) is 21.5. The van der Waals surface area contributed by atoms with Gasteiger partial charge in [0.25, 0.3) is 0 Å². The number of aromatic nitrogens is 1. The molecule has 5 heterocycles. The summed E-state index contributed by atoms with van der Waals surface area (Å²) in [6.07, 6.45) is 0.863. The Morgan fingerprint density at radius 1 is 1.00 bits per heavy atom. The van der Waals surface area contributed by atoms with Gasteiger partial charge < -0.3 is 24.7 Å². The van der Waals surface area contributed by atoms with Gasteiger partial charge in [0, 0.05) is 88.7 Å². The smallest absolute Gasteiger partial charge is 0.475 e. The van der Waals surface area contributed by atoms with Crippen LogP contribution < -0.4 is 9.80 Å². The Morgan fingerprint density at radius 3 is 2.17 bits per heavy atom. The summed E-state index contributed by atoms with van der Waals surface area (Å²) in [5, 5.41) is 7.77. The molecule has 2 amide bonds. The van der Waals surface area contributed by atoms with Gasteiger partial charge >= 0.3 is 12.1 Å². The van der Waals surface area contributed by atoms with Crippen LogP contribution in [0.15, 0.2) is 41.4 Å². The standard InChI is InChI=1S/C33H45ClN6O4S.C2HF3O2/c1-24-8-9-29(19-30(24)34)40(33(42)26-10-17-37(18-11-26)25(2)41)16-6-13-36-20-27-22-39(23-28(27)21-36)45(43,44)31-7-5-12-35-32(31)38-14-3-4-15-38;3-2(4,5)1(6)7/h5,7-9,12,19,26-28H,3-4,6,10-11,13-18,20-23H2,1-2H3;(H,6,7). The number of anilines is 2. The quantitative estimate of drug-likeness (QED) is 0.391. The molecule has 2 aromatic rings. The van der Waals surface area contributed by atoms with Crippen molar-refractivity contribution in [3.05, 3.63) is 47.1 Å². The van der Waals surface area contributed by atoms with E-state index < -0.39 is 22.2 Å².